The molecular weight excluding hydrogens is 627 g/mol. The molecule has 1 amide bonds. The number of hydrogen-bond donors (Lipinski definition) is 5. The predicted molar refractivity (Wildman–Crippen MR) is 181 cm³/mol. The molecule has 0 aliphatic heterocycles. The average Bonchev–Trinajstić information content (AvgIpc) is 2.93. The lowest BCUT2D eigenvalue weighted by molar-refractivity contribution is 0.102. The summed E-state index contributed by atoms with van der Waals surface area (Å²) in [7, 11) is -7.52. The second-order valence-corrected chi connectivity index (χ2v) is 16.1. The minimum atomic E-state index is -3.78. The van der Waals surface area contributed by atoms with Gasteiger partial charge in [0.1, 0.15) is 5.82 Å². The SMILES string of the molecule is Cc1cnc(Nc2cccc(C(=O)Nc3cccc(S(=O)(=O)NC(C)(C)C)c3)c2)nc1Nc1cccc(S(=O)(=O)NC(C)(C)C)c1. The minimum Gasteiger partial charge on any atom is -0.340 e. The van der Waals surface area contributed by atoms with Crippen LogP contribution in [0.4, 0.5) is 28.8 Å². The predicted octanol–water partition coefficient (Wildman–Crippen LogP) is 5.68. The van der Waals surface area contributed by atoms with Gasteiger partial charge in [-0.2, -0.15) is 4.98 Å². The number of nitrogens with zero attached hydrogens (tertiary/aromatic N) is 2. The van der Waals surface area contributed by atoms with E-state index >= 15 is 0 Å². The molecule has 0 atom stereocenters. The molecule has 5 N–H and O–H groups in total. The fourth-order valence-electron chi connectivity index (χ4n) is 4.24. The lowest BCUT2D eigenvalue weighted by Crippen LogP contribution is -2.40. The van der Waals surface area contributed by atoms with Crippen LogP contribution in [0.5, 0.6) is 0 Å². The Balaban J connectivity index is 1.49. The minimum absolute atomic E-state index is 0.0338. The Labute approximate surface area is 270 Å². The van der Waals surface area contributed by atoms with E-state index in [0.717, 1.165) is 5.56 Å². The summed E-state index contributed by atoms with van der Waals surface area (Å²) in [5, 5.41) is 9.00. The Morgan fingerprint density at radius 3 is 1.74 bits per heavy atom. The molecular formula is C32H39N7O5S2. The smallest absolute Gasteiger partial charge is 0.255 e. The zero-order valence-corrected chi connectivity index (χ0v) is 28.4. The van der Waals surface area contributed by atoms with Crippen LogP contribution in [0.15, 0.2) is 88.8 Å². The van der Waals surface area contributed by atoms with Crippen LogP contribution >= 0.6 is 0 Å². The van der Waals surface area contributed by atoms with Crippen LogP contribution in [0.3, 0.4) is 0 Å². The second-order valence-electron chi connectivity index (χ2n) is 12.8. The van der Waals surface area contributed by atoms with Gasteiger partial charge in [-0.1, -0.05) is 18.2 Å². The molecule has 244 valence electrons. The quantitative estimate of drug-likeness (QED) is 0.143. The van der Waals surface area contributed by atoms with Crippen molar-refractivity contribution in [3.8, 4) is 0 Å². The van der Waals surface area contributed by atoms with Crippen molar-refractivity contribution in [3.05, 3.63) is 90.1 Å². The average molecular weight is 666 g/mol. The van der Waals surface area contributed by atoms with Crippen LogP contribution in [0.25, 0.3) is 0 Å². The summed E-state index contributed by atoms with van der Waals surface area (Å²) < 4.78 is 56.4. The first-order chi connectivity index (χ1) is 21.3. The maximum Gasteiger partial charge on any atom is 0.255 e. The number of benzene rings is 3. The number of rotatable bonds is 10. The number of aryl methyl sites for hydroxylation is 1. The molecule has 0 unspecified atom stereocenters. The highest BCUT2D eigenvalue weighted by atomic mass is 32.2. The van der Waals surface area contributed by atoms with Gasteiger partial charge in [0.05, 0.1) is 9.79 Å². The number of anilines is 5. The van der Waals surface area contributed by atoms with Crippen molar-refractivity contribution in [2.45, 2.75) is 69.3 Å². The fraction of sp³-hybridized carbons (Fsp3) is 0.281. The topological polar surface area (TPSA) is 171 Å². The molecule has 46 heavy (non-hydrogen) atoms. The number of carbonyl (C=O) groups excluding carboxylic acids is 1. The van der Waals surface area contributed by atoms with Gasteiger partial charge in [0.25, 0.3) is 5.91 Å². The first kappa shape index (κ1) is 34.5. The molecule has 3 aromatic carbocycles. The van der Waals surface area contributed by atoms with Gasteiger partial charge in [0.2, 0.25) is 26.0 Å². The maximum absolute atomic E-state index is 13.1. The molecule has 1 heterocycles. The van der Waals surface area contributed by atoms with Gasteiger partial charge < -0.3 is 16.0 Å². The summed E-state index contributed by atoms with van der Waals surface area (Å²) in [5.41, 5.74) is 1.12. The van der Waals surface area contributed by atoms with Crippen LogP contribution in [-0.2, 0) is 20.0 Å². The van der Waals surface area contributed by atoms with E-state index in [1.54, 1.807) is 96.3 Å². The van der Waals surface area contributed by atoms with Gasteiger partial charge in [0, 0.05) is 45.5 Å². The largest absolute Gasteiger partial charge is 0.340 e. The Kier molecular flexibility index (Phi) is 9.87. The van der Waals surface area contributed by atoms with Crippen molar-refractivity contribution in [2.24, 2.45) is 0 Å². The number of amides is 1. The molecule has 0 saturated carbocycles. The molecule has 0 fully saturated rings. The standard InChI is InChI=1S/C32H39N7O5S2/c1-21-20-33-30(37-28(21)34-24-13-9-15-26(18-24)45(41,42)38-31(2,3)4)36-23-12-8-11-22(17-23)29(40)35-25-14-10-16-27(19-25)46(43,44)39-32(5,6)7/h8-20,38-39H,1-7H3,(H,35,40)(H2,33,34,36,37). The van der Waals surface area contributed by atoms with E-state index in [2.05, 4.69) is 35.4 Å². The summed E-state index contributed by atoms with van der Waals surface area (Å²) >= 11 is 0. The summed E-state index contributed by atoms with van der Waals surface area (Å²) in [4.78, 5) is 22.1. The Bertz CT molecular complexity index is 1970. The van der Waals surface area contributed by atoms with E-state index in [-0.39, 0.29) is 15.7 Å². The Hall–Kier alpha value is -4.37. The van der Waals surface area contributed by atoms with Crippen molar-refractivity contribution in [1.82, 2.24) is 19.4 Å². The molecule has 0 spiro atoms. The molecule has 0 aliphatic carbocycles. The zero-order chi connectivity index (χ0) is 33.9. The van der Waals surface area contributed by atoms with Gasteiger partial charge in [-0.3, -0.25) is 4.79 Å². The normalized spacial score (nSPS) is 12.4. The fourth-order valence-corrected chi connectivity index (χ4v) is 7.17. The van der Waals surface area contributed by atoms with Crippen molar-refractivity contribution < 1.29 is 21.6 Å². The van der Waals surface area contributed by atoms with Crippen molar-refractivity contribution in [2.75, 3.05) is 16.0 Å². The second kappa shape index (κ2) is 13.2. The summed E-state index contributed by atoms with van der Waals surface area (Å²) in [6, 6.07) is 19.1. The van der Waals surface area contributed by atoms with Crippen molar-refractivity contribution in [1.29, 1.82) is 0 Å². The highest BCUT2D eigenvalue weighted by Crippen LogP contribution is 2.24. The number of hydrogen-bond acceptors (Lipinski definition) is 9. The summed E-state index contributed by atoms with van der Waals surface area (Å²) in [6.07, 6.45) is 1.62. The molecule has 0 aliphatic rings. The lowest BCUT2D eigenvalue weighted by atomic mass is 10.1. The molecule has 0 bridgehead atoms. The molecule has 4 rings (SSSR count). The third-order valence-corrected chi connectivity index (χ3v) is 9.55. The summed E-state index contributed by atoms with van der Waals surface area (Å²) in [6.45, 7) is 12.4. The molecule has 14 heteroatoms. The highest BCUT2D eigenvalue weighted by molar-refractivity contribution is 7.89. The maximum atomic E-state index is 13.1. The molecule has 0 saturated heterocycles. The van der Waals surface area contributed by atoms with E-state index < -0.39 is 37.0 Å². The van der Waals surface area contributed by atoms with Gasteiger partial charge in [0.15, 0.2) is 0 Å². The lowest BCUT2D eigenvalue weighted by Gasteiger charge is -2.20. The molecule has 0 radical (unpaired) electrons. The van der Waals surface area contributed by atoms with Crippen LogP contribution in [0.2, 0.25) is 0 Å². The number of nitrogens with one attached hydrogen (secondary N) is 5. The molecule has 4 aromatic rings. The first-order valence-electron chi connectivity index (χ1n) is 14.4. The van der Waals surface area contributed by atoms with Crippen LogP contribution in [0, 0.1) is 6.92 Å². The van der Waals surface area contributed by atoms with Gasteiger partial charge >= 0.3 is 0 Å². The first-order valence-corrected chi connectivity index (χ1v) is 17.3. The third kappa shape index (κ3) is 9.57. The van der Waals surface area contributed by atoms with Crippen molar-refractivity contribution >= 4 is 54.8 Å². The van der Waals surface area contributed by atoms with E-state index in [1.165, 1.54) is 24.3 Å². The van der Waals surface area contributed by atoms with E-state index in [0.29, 0.717) is 28.4 Å². The monoisotopic (exact) mass is 665 g/mol. The van der Waals surface area contributed by atoms with Crippen LogP contribution in [0.1, 0.15) is 57.5 Å². The van der Waals surface area contributed by atoms with E-state index in [4.69, 9.17) is 0 Å². The Morgan fingerprint density at radius 2 is 1.17 bits per heavy atom. The van der Waals surface area contributed by atoms with Gasteiger partial charge in [-0.05, 0) is 103 Å². The van der Waals surface area contributed by atoms with E-state index in [9.17, 15) is 21.6 Å². The number of carbonyl (C=O) groups is 1. The number of aromatic nitrogens is 2. The zero-order valence-electron chi connectivity index (χ0n) is 26.8. The number of sulfonamides is 2. The Morgan fingerprint density at radius 1 is 0.674 bits per heavy atom. The van der Waals surface area contributed by atoms with Gasteiger partial charge in [-0.15, -0.1) is 0 Å². The van der Waals surface area contributed by atoms with Gasteiger partial charge in [-0.25, -0.2) is 31.3 Å². The highest BCUT2D eigenvalue weighted by Gasteiger charge is 2.23. The van der Waals surface area contributed by atoms with Crippen LogP contribution in [-0.4, -0.2) is 43.8 Å². The molecule has 1 aromatic heterocycles. The third-order valence-electron chi connectivity index (χ3n) is 6.04. The summed E-state index contributed by atoms with van der Waals surface area (Å²) in [5.74, 6) is 0.263. The van der Waals surface area contributed by atoms with Crippen LogP contribution < -0.4 is 25.4 Å². The van der Waals surface area contributed by atoms with E-state index in [1.807, 2.05) is 6.92 Å². The molecule has 12 nitrogen and oxygen atoms in total. The van der Waals surface area contributed by atoms with Crippen molar-refractivity contribution in [3.63, 3.8) is 0 Å².